The average Bonchev–Trinajstić information content (AvgIpc) is 2.29. The fourth-order valence-electron chi connectivity index (χ4n) is 5.04. The van der Waals surface area contributed by atoms with Crippen molar-refractivity contribution in [3.8, 4) is 0 Å². The number of hydrogen-bond acceptors (Lipinski definition) is 0. The molecule has 0 bridgehead atoms. The molecular weight excluding hydrogens is 263 g/mol. The van der Waals surface area contributed by atoms with Gasteiger partial charge in [0, 0.05) is 0 Å². The van der Waals surface area contributed by atoms with Crippen LogP contribution in [0.3, 0.4) is 0 Å². The highest BCUT2D eigenvalue weighted by molar-refractivity contribution is 6.13. The standard InChI is InChI=1S/C21H39B/c1-15(16(2)22)17-19(6,7)12-11-13-20(8,9)21(17,10)14-18(3,4)5/h16H,11-14H2,1-10H3/b17-15-. The monoisotopic (exact) mass is 302 g/mol. The first kappa shape index (κ1) is 19.9. The predicted molar refractivity (Wildman–Crippen MR) is 101 cm³/mol. The van der Waals surface area contributed by atoms with Crippen molar-refractivity contribution in [2.75, 3.05) is 0 Å². The minimum absolute atomic E-state index is 0.141. The first-order chi connectivity index (χ1) is 9.64. The van der Waals surface area contributed by atoms with Crippen LogP contribution in [-0.2, 0) is 0 Å². The van der Waals surface area contributed by atoms with Crippen LogP contribution in [0.4, 0.5) is 0 Å². The molecular formula is C21H39B. The molecule has 1 rings (SSSR count). The summed E-state index contributed by atoms with van der Waals surface area (Å²) in [5.74, 6) is 0.141. The maximum Gasteiger partial charge on any atom is 0.0755 e. The van der Waals surface area contributed by atoms with Gasteiger partial charge in [0.2, 0.25) is 0 Å². The van der Waals surface area contributed by atoms with Crippen LogP contribution >= 0.6 is 0 Å². The van der Waals surface area contributed by atoms with Crippen LogP contribution in [0.1, 0.15) is 94.9 Å². The van der Waals surface area contributed by atoms with Gasteiger partial charge in [-0.15, -0.1) is 0 Å². The molecule has 0 aromatic rings. The first-order valence-electron chi connectivity index (χ1n) is 9.11. The number of hydrogen-bond donors (Lipinski definition) is 0. The predicted octanol–water partition coefficient (Wildman–Crippen LogP) is 6.96. The molecule has 0 heterocycles. The lowest BCUT2D eigenvalue weighted by Gasteiger charge is -2.52. The molecule has 2 atom stereocenters. The van der Waals surface area contributed by atoms with Gasteiger partial charge in [-0.25, -0.2) is 0 Å². The van der Waals surface area contributed by atoms with Crippen molar-refractivity contribution in [3.63, 3.8) is 0 Å². The Hall–Kier alpha value is -0.195. The van der Waals surface area contributed by atoms with Gasteiger partial charge in [-0.05, 0) is 47.8 Å². The molecule has 0 aromatic heterocycles. The molecule has 1 aliphatic carbocycles. The highest BCUT2D eigenvalue weighted by Crippen LogP contribution is 2.62. The summed E-state index contributed by atoms with van der Waals surface area (Å²) >= 11 is 0. The number of allylic oxidation sites excluding steroid dienone is 2. The van der Waals surface area contributed by atoms with Crippen LogP contribution in [0.2, 0.25) is 5.82 Å². The van der Waals surface area contributed by atoms with Crippen LogP contribution < -0.4 is 0 Å². The zero-order valence-corrected chi connectivity index (χ0v) is 17.0. The fraction of sp³-hybridized carbons (Fsp3) is 0.905. The van der Waals surface area contributed by atoms with E-state index in [1.807, 2.05) is 0 Å². The highest BCUT2D eigenvalue weighted by atomic mass is 14.6. The second-order valence-corrected chi connectivity index (χ2v) is 10.5. The Balaban J connectivity index is 3.67. The molecule has 0 saturated heterocycles. The Labute approximate surface area is 141 Å². The Morgan fingerprint density at radius 2 is 1.59 bits per heavy atom. The maximum atomic E-state index is 6.35. The third kappa shape index (κ3) is 3.82. The summed E-state index contributed by atoms with van der Waals surface area (Å²) in [7, 11) is 6.35. The molecule has 0 spiro atoms. The largest absolute Gasteiger partial charge is 0.0788 e. The van der Waals surface area contributed by atoms with E-state index in [1.165, 1.54) is 31.3 Å². The summed E-state index contributed by atoms with van der Waals surface area (Å²) in [5, 5.41) is 0. The molecule has 1 aliphatic rings. The van der Waals surface area contributed by atoms with Crippen molar-refractivity contribution in [2.24, 2.45) is 21.7 Å². The van der Waals surface area contributed by atoms with Crippen molar-refractivity contribution in [1.29, 1.82) is 0 Å². The van der Waals surface area contributed by atoms with Crippen LogP contribution in [-0.4, -0.2) is 7.85 Å². The summed E-state index contributed by atoms with van der Waals surface area (Å²) in [5.41, 5.74) is 4.13. The van der Waals surface area contributed by atoms with E-state index in [0.717, 1.165) is 0 Å². The van der Waals surface area contributed by atoms with Crippen molar-refractivity contribution in [2.45, 2.75) is 101 Å². The van der Waals surface area contributed by atoms with Gasteiger partial charge in [0.05, 0.1) is 7.85 Å². The third-order valence-electron chi connectivity index (χ3n) is 6.29. The van der Waals surface area contributed by atoms with Crippen LogP contribution in [0.15, 0.2) is 11.1 Å². The van der Waals surface area contributed by atoms with Crippen LogP contribution in [0.25, 0.3) is 0 Å². The van der Waals surface area contributed by atoms with Crippen molar-refractivity contribution >= 4 is 7.85 Å². The molecule has 22 heavy (non-hydrogen) atoms. The van der Waals surface area contributed by atoms with E-state index in [-0.39, 0.29) is 16.6 Å². The molecule has 0 N–H and O–H groups in total. The summed E-state index contributed by atoms with van der Waals surface area (Å²) in [6.07, 6.45) is 5.11. The van der Waals surface area contributed by atoms with Gasteiger partial charge in [0.15, 0.2) is 0 Å². The maximum absolute atomic E-state index is 6.35. The topological polar surface area (TPSA) is 0 Å². The van der Waals surface area contributed by atoms with E-state index < -0.39 is 0 Å². The molecule has 1 saturated carbocycles. The second-order valence-electron chi connectivity index (χ2n) is 10.5. The molecule has 0 amide bonds. The van der Waals surface area contributed by atoms with Gasteiger partial charge in [0.1, 0.15) is 0 Å². The summed E-state index contributed by atoms with van der Waals surface area (Å²) in [4.78, 5) is 0. The lowest BCUT2D eigenvalue weighted by atomic mass is 9.52. The van der Waals surface area contributed by atoms with E-state index in [9.17, 15) is 0 Å². The fourth-order valence-corrected chi connectivity index (χ4v) is 5.04. The Morgan fingerprint density at radius 3 is 2.00 bits per heavy atom. The van der Waals surface area contributed by atoms with Gasteiger partial charge in [-0.3, -0.25) is 0 Å². The summed E-state index contributed by atoms with van der Waals surface area (Å²) in [6, 6.07) is 0. The van der Waals surface area contributed by atoms with Gasteiger partial charge < -0.3 is 0 Å². The molecule has 0 aliphatic heterocycles. The highest BCUT2D eigenvalue weighted by Gasteiger charge is 2.51. The average molecular weight is 302 g/mol. The van der Waals surface area contributed by atoms with E-state index in [0.29, 0.717) is 10.8 Å². The quantitative estimate of drug-likeness (QED) is 0.294. The zero-order valence-electron chi connectivity index (χ0n) is 17.0. The molecule has 2 radical (unpaired) electrons. The van der Waals surface area contributed by atoms with E-state index >= 15 is 0 Å². The molecule has 2 unspecified atom stereocenters. The molecule has 0 aromatic carbocycles. The van der Waals surface area contributed by atoms with Crippen molar-refractivity contribution < 1.29 is 0 Å². The van der Waals surface area contributed by atoms with E-state index in [2.05, 4.69) is 69.2 Å². The second kappa shape index (κ2) is 6.02. The normalized spacial score (nSPS) is 32.3. The molecule has 1 fully saturated rings. The number of rotatable bonds is 2. The van der Waals surface area contributed by atoms with Crippen molar-refractivity contribution in [3.05, 3.63) is 11.1 Å². The SMILES string of the molecule is [B]C(C)/C(C)=C1/C(C)(C)CCCC(C)(C)C1(C)CC(C)(C)C. The van der Waals surface area contributed by atoms with E-state index in [1.54, 1.807) is 5.57 Å². The van der Waals surface area contributed by atoms with E-state index in [4.69, 9.17) is 7.85 Å². The van der Waals surface area contributed by atoms with Gasteiger partial charge in [-0.2, -0.15) is 0 Å². The molecule has 1 heteroatoms. The Bertz CT molecular complexity index is 431. The summed E-state index contributed by atoms with van der Waals surface area (Å²) in [6.45, 7) is 23.9. The molecule has 0 nitrogen and oxygen atoms in total. The lowest BCUT2D eigenvalue weighted by Crippen LogP contribution is -2.43. The minimum Gasteiger partial charge on any atom is -0.0788 e. The van der Waals surface area contributed by atoms with Gasteiger partial charge in [-0.1, -0.05) is 85.7 Å². The lowest BCUT2D eigenvalue weighted by molar-refractivity contribution is 0.0615. The summed E-state index contributed by atoms with van der Waals surface area (Å²) < 4.78 is 0. The smallest absolute Gasteiger partial charge is 0.0755 e. The van der Waals surface area contributed by atoms with Crippen molar-refractivity contribution in [1.82, 2.24) is 0 Å². The van der Waals surface area contributed by atoms with Crippen LogP contribution in [0.5, 0.6) is 0 Å². The minimum atomic E-state index is 0.141. The zero-order chi connectivity index (χ0) is 17.6. The van der Waals surface area contributed by atoms with Crippen LogP contribution in [0, 0.1) is 21.7 Å². The first-order valence-corrected chi connectivity index (χ1v) is 9.11. The third-order valence-corrected chi connectivity index (χ3v) is 6.29. The Kier molecular flexibility index (Phi) is 5.44. The molecule has 126 valence electrons. The van der Waals surface area contributed by atoms with Gasteiger partial charge >= 0.3 is 0 Å². The van der Waals surface area contributed by atoms with Gasteiger partial charge in [0.25, 0.3) is 0 Å². The Morgan fingerprint density at radius 1 is 1.09 bits per heavy atom.